The molecule has 0 heterocycles. The summed E-state index contributed by atoms with van der Waals surface area (Å²) in [5, 5.41) is 0. The van der Waals surface area contributed by atoms with E-state index >= 15 is 0 Å². The normalized spacial score (nSPS) is 15.7. The predicted octanol–water partition coefficient (Wildman–Crippen LogP) is 3.69. The van der Waals surface area contributed by atoms with Crippen LogP contribution in [0.1, 0.15) is 40.5 Å². The first kappa shape index (κ1) is 13.9. The third kappa shape index (κ3) is 7.98. The summed E-state index contributed by atoms with van der Waals surface area (Å²) < 4.78 is 4.84. The van der Waals surface area contributed by atoms with Gasteiger partial charge in [-0.2, -0.15) is 0 Å². The third-order valence-corrected chi connectivity index (χ3v) is 2.26. The summed E-state index contributed by atoms with van der Waals surface area (Å²) in [5.74, 6) is 0.729. The molecule has 0 bridgehead atoms. The molecule has 0 aliphatic carbocycles. The van der Waals surface area contributed by atoms with Crippen LogP contribution in [0.5, 0.6) is 0 Å². The summed E-state index contributed by atoms with van der Waals surface area (Å²) in [6, 6.07) is 0. The van der Waals surface area contributed by atoms with E-state index < -0.39 is 0 Å². The molecule has 0 aromatic carbocycles. The summed E-state index contributed by atoms with van der Waals surface area (Å²) in [6.07, 6.45) is 9.25. The Kier molecular flexibility index (Phi) is 7.69. The van der Waals surface area contributed by atoms with Crippen LogP contribution < -0.4 is 0 Å². The van der Waals surface area contributed by atoms with Gasteiger partial charge < -0.3 is 4.74 Å². The molecular formula is C13H22O2. The van der Waals surface area contributed by atoms with Crippen LogP contribution in [0.15, 0.2) is 24.5 Å². The maximum Gasteiger partial charge on any atom is 0.310 e. The number of hydrogen-bond acceptors (Lipinski definition) is 2. The van der Waals surface area contributed by atoms with E-state index in [0.29, 0.717) is 18.3 Å². The Morgan fingerprint density at radius 1 is 1.20 bits per heavy atom. The largest absolute Gasteiger partial charge is 0.435 e. The molecule has 0 rings (SSSR count). The van der Waals surface area contributed by atoms with Gasteiger partial charge in [-0.25, -0.2) is 0 Å². The van der Waals surface area contributed by atoms with Crippen molar-refractivity contribution in [2.24, 2.45) is 11.8 Å². The Hall–Kier alpha value is -1.05. The fraction of sp³-hybridized carbons (Fsp3) is 0.615. The lowest BCUT2D eigenvalue weighted by Gasteiger charge is -2.02. The molecule has 0 N–H and O–H groups in total. The van der Waals surface area contributed by atoms with Crippen LogP contribution in [-0.2, 0) is 9.53 Å². The van der Waals surface area contributed by atoms with Crippen LogP contribution in [0, 0.1) is 11.8 Å². The summed E-state index contributed by atoms with van der Waals surface area (Å²) in [4.78, 5) is 10.8. The monoisotopic (exact) mass is 210 g/mol. The average molecular weight is 210 g/mol. The molecule has 15 heavy (non-hydrogen) atoms. The van der Waals surface area contributed by atoms with E-state index in [1.165, 1.54) is 6.26 Å². The molecule has 0 fully saturated rings. The van der Waals surface area contributed by atoms with Crippen molar-refractivity contribution < 1.29 is 9.53 Å². The minimum absolute atomic E-state index is 0.190. The van der Waals surface area contributed by atoms with Crippen LogP contribution >= 0.6 is 0 Å². The van der Waals surface area contributed by atoms with Crippen molar-refractivity contribution in [2.45, 2.75) is 40.5 Å². The molecule has 0 spiro atoms. The fourth-order valence-electron chi connectivity index (χ4n) is 0.888. The van der Waals surface area contributed by atoms with E-state index in [0.717, 1.165) is 6.42 Å². The van der Waals surface area contributed by atoms with Gasteiger partial charge in [-0.3, -0.25) is 4.79 Å². The van der Waals surface area contributed by atoms with Crippen LogP contribution in [0.2, 0.25) is 0 Å². The molecular weight excluding hydrogens is 188 g/mol. The first-order valence-corrected chi connectivity index (χ1v) is 5.64. The number of hydrogen-bond donors (Lipinski definition) is 0. The van der Waals surface area contributed by atoms with E-state index in [4.69, 9.17) is 4.74 Å². The molecule has 0 aromatic heterocycles. The van der Waals surface area contributed by atoms with Crippen molar-refractivity contribution in [3.8, 4) is 0 Å². The Morgan fingerprint density at radius 3 is 2.40 bits per heavy atom. The molecule has 0 saturated heterocycles. The van der Waals surface area contributed by atoms with Gasteiger partial charge in [-0.1, -0.05) is 46.3 Å². The van der Waals surface area contributed by atoms with Gasteiger partial charge in [0.05, 0.1) is 6.26 Å². The zero-order valence-corrected chi connectivity index (χ0v) is 10.2. The smallest absolute Gasteiger partial charge is 0.310 e. The Balaban J connectivity index is 3.87. The fourth-order valence-corrected chi connectivity index (χ4v) is 0.888. The minimum atomic E-state index is -0.190. The van der Waals surface area contributed by atoms with Crippen molar-refractivity contribution >= 4 is 5.97 Å². The van der Waals surface area contributed by atoms with E-state index in [-0.39, 0.29) is 5.97 Å². The second kappa shape index (κ2) is 8.27. The van der Waals surface area contributed by atoms with Crippen LogP contribution in [0.4, 0.5) is 0 Å². The molecule has 0 aliphatic rings. The van der Waals surface area contributed by atoms with E-state index in [2.05, 4.69) is 32.9 Å². The zero-order valence-electron chi connectivity index (χ0n) is 10.2. The number of allylic oxidation sites excluding steroid dienone is 3. The predicted molar refractivity (Wildman–Crippen MR) is 63.3 cm³/mol. The highest BCUT2D eigenvalue weighted by atomic mass is 16.5. The topological polar surface area (TPSA) is 26.3 Å². The molecule has 0 aromatic rings. The van der Waals surface area contributed by atoms with E-state index in [9.17, 15) is 4.79 Å². The molecule has 86 valence electrons. The van der Waals surface area contributed by atoms with E-state index in [1.54, 1.807) is 6.92 Å². The number of carbonyl (C=O) groups is 1. The first-order chi connectivity index (χ1) is 7.10. The summed E-state index contributed by atoms with van der Waals surface area (Å²) in [5.41, 5.74) is 0. The molecule has 0 amide bonds. The second-order valence-corrected chi connectivity index (χ2v) is 3.80. The Bertz CT molecular complexity index is 229. The number of esters is 1. The molecule has 0 aliphatic heterocycles. The number of rotatable bonds is 6. The third-order valence-electron chi connectivity index (χ3n) is 2.26. The maximum atomic E-state index is 10.8. The van der Waals surface area contributed by atoms with Gasteiger partial charge in [0, 0.05) is 6.42 Å². The van der Waals surface area contributed by atoms with Gasteiger partial charge in [0.25, 0.3) is 0 Å². The number of carbonyl (C=O) groups excluding carboxylic acids is 1. The lowest BCUT2D eigenvalue weighted by Crippen LogP contribution is -1.96. The van der Waals surface area contributed by atoms with Crippen LogP contribution in [-0.4, -0.2) is 5.97 Å². The first-order valence-electron chi connectivity index (χ1n) is 5.64. The van der Waals surface area contributed by atoms with Gasteiger partial charge >= 0.3 is 5.97 Å². The van der Waals surface area contributed by atoms with Gasteiger partial charge in [0.1, 0.15) is 0 Å². The van der Waals surface area contributed by atoms with Crippen LogP contribution in [0.3, 0.4) is 0 Å². The quantitative estimate of drug-likeness (QED) is 0.379. The molecule has 0 saturated carbocycles. The van der Waals surface area contributed by atoms with Crippen molar-refractivity contribution in [3.05, 3.63) is 24.5 Å². The number of ether oxygens (including phenoxy) is 1. The van der Waals surface area contributed by atoms with Crippen LogP contribution in [0.25, 0.3) is 0 Å². The molecule has 2 heteroatoms. The standard InChI is InChI=1S/C13H22O2/c1-5-11(3)7-8-12(4)9-10-15-13(14)6-2/h7-12H,5-6H2,1-4H3/b8-7+,10-9+. The average Bonchev–Trinajstić information content (AvgIpc) is 2.25. The highest BCUT2D eigenvalue weighted by Gasteiger charge is 1.96. The lowest BCUT2D eigenvalue weighted by atomic mass is 10.1. The SMILES string of the molecule is CCC(=O)O/C=C/C(C)/C=C/C(C)CC. The van der Waals surface area contributed by atoms with Crippen molar-refractivity contribution in [3.63, 3.8) is 0 Å². The highest BCUT2D eigenvalue weighted by molar-refractivity contribution is 5.69. The zero-order chi connectivity index (χ0) is 11.7. The molecule has 2 nitrogen and oxygen atoms in total. The van der Waals surface area contributed by atoms with Gasteiger partial charge in [0.2, 0.25) is 0 Å². The summed E-state index contributed by atoms with van der Waals surface area (Å²) in [6.45, 7) is 8.19. The van der Waals surface area contributed by atoms with Crippen molar-refractivity contribution in [1.29, 1.82) is 0 Å². The van der Waals surface area contributed by atoms with Crippen molar-refractivity contribution in [2.75, 3.05) is 0 Å². The molecule has 2 atom stereocenters. The highest BCUT2D eigenvalue weighted by Crippen LogP contribution is 2.07. The maximum absolute atomic E-state index is 10.8. The summed E-state index contributed by atoms with van der Waals surface area (Å²) >= 11 is 0. The van der Waals surface area contributed by atoms with Gasteiger partial charge in [-0.05, 0) is 17.9 Å². The Morgan fingerprint density at radius 2 is 1.87 bits per heavy atom. The van der Waals surface area contributed by atoms with Gasteiger partial charge in [0.15, 0.2) is 0 Å². The lowest BCUT2D eigenvalue weighted by molar-refractivity contribution is -0.137. The van der Waals surface area contributed by atoms with Crippen molar-refractivity contribution in [1.82, 2.24) is 0 Å². The molecule has 2 unspecified atom stereocenters. The minimum Gasteiger partial charge on any atom is -0.435 e. The summed E-state index contributed by atoms with van der Waals surface area (Å²) in [7, 11) is 0. The van der Waals surface area contributed by atoms with Gasteiger partial charge in [-0.15, -0.1) is 0 Å². The Labute approximate surface area is 93.0 Å². The van der Waals surface area contributed by atoms with E-state index in [1.807, 2.05) is 6.08 Å². The second-order valence-electron chi connectivity index (χ2n) is 3.80. The molecule has 0 radical (unpaired) electrons.